The quantitative estimate of drug-likeness (QED) is 0.461. The average Bonchev–Trinajstić information content (AvgIpc) is 2.72. The molecule has 1 aliphatic rings. The fourth-order valence-corrected chi connectivity index (χ4v) is 3.41. The van der Waals surface area contributed by atoms with E-state index in [-0.39, 0.29) is 17.7 Å². The summed E-state index contributed by atoms with van der Waals surface area (Å²) in [6, 6.07) is 6.48. The molecule has 1 aromatic carbocycles. The summed E-state index contributed by atoms with van der Waals surface area (Å²) in [5.41, 5.74) is 0. The van der Waals surface area contributed by atoms with E-state index in [0.29, 0.717) is 12.5 Å². The monoisotopic (exact) mass is 407 g/mol. The average molecular weight is 408 g/mol. The number of likely N-dealkylation sites (N-methyl/N-ethyl adjacent to an activating group) is 1. The smallest absolute Gasteiger partial charge is 0.191 e. The zero-order valence-corrected chi connectivity index (χ0v) is 18.5. The largest absolute Gasteiger partial charge is 0.486 e. The van der Waals surface area contributed by atoms with Crippen LogP contribution in [0.4, 0.5) is 4.39 Å². The van der Waals surface area contributed by atoms with Gasteiger partial charge in [-0.3, -0.25) is 4.99 Å². The Hall–Kier alpha value is -1.86. The van der Waals surface area contributed by atoms with Crippen LogP contribution in [0, 0.1) is 11.7 Å². The number of aliphatic imine (C=N–C) groups is 1. The number of nitrogens with zero attached hydrogens (tertiary/aromatic N) is 3. The molecule has 0 saturated carbocycles. The molecule has 1 aliphatic heterocycles. The van der Waals surface area contributed by atoms with Crippen LogP contribution >= 0.6 is 0 Å². The van der Waals surface area contributed by atoms with E-state index in [2.05, 4.69) is 34.3 Å². The summed E-state index contributed by atoms with van der Waals surface area (Å²) in [6.45, 7) is 17.4. The summed E-state index contributed by atoms with van der Waals surface area (Å²) in [5, 5.41) is 6.58. The Labute approximate surface area is 175 Å². The van der Waals surface area contributed by atoms with Gasteiger partial charge >= 0.3 is 0 Å². The number of hydrogen-bond acceptors (Lipinski definition) is 4. The van der Waals surface area contributed by atoms with Gasteiger partial charge in [-0.25, -0.2) is 4.39 Å². The molecule has 2 unspecified atom stereocenters. The number of hydrogen-bond donors (Lipinski definition) is 2. The van der Waals surface area contributed by atoms with Crippen molar-refractivity contribution in [2.75, 3.05) is 58.9 Å². The Balaban J connectivity index is 1.75. The first-order valence-electron chi connectivity index (χ1n) is 10.9. The van der Waals surface area contributed by atoms with Crippen molar-refractivity contribution in [3.63, 3.8) is 0 Å². The maximum absolute atomic E-state index is 13.7. The number of halogens is 1. The van der Waals surface area contributed by atoms with Crippen molar-refractivity contribution in [1.82, 2.24) is 20.4 Å². The summed E-state index contributed by atoms with van der Waals surface area (Å²) >= 11 is 0. The maximum atomic E-state index is 13.7. The Morgan fingerprint density at radius 2 is 1.79 bits per heavy atom. The lowest BCUT2D eigenvalue weighted by molar-refractivity contribution is 0.125. The Morgan fingerprint density at radius 1 is 1.10 bits per heavy atom. The molecule has 164 valence electrons. The molecular weight excluding hydrogens is 369 g/mol. The van der Waals surface area contributed by atoms with Gasteiger partial charge in [-0.05, 0) is 38.4 Å². The van der Waals surface area contributed by atoms with Gasteiger partial charge < -0.3 is 25.2 Å². The normalized spacial score (nSPS) is 18.3. The molecule has 2 N–H and O–H groups in total. The van der Waals surface area contributed by atoms with Gasteiger partial charge in [-0.2, -0.15) is 0 Å². The van der Waals surface area contributed by atoms with Crippen LogP contribution in [0.3, 0.4) is 0 Å². The predicted molar refractivity (Wildman–Crippen MR) is 118 cm³/mol. The van der Waals surface area contributed by atoms with E-state index in [1.807, 2.05) is 13.8 Å². The molecule has 0 aliphatic carbocycles. The van der Waals surface area contributed by atoms with Crippen LogP contribution in [0.25, 0.3) is 0 Å². The minimum absolute atomic E-state index is 0.178. The minimum atomic E-state index is -0.339. The van der Waals surface area contributed by atoms with Crippen LogP contribution < -0.4 is 15.4 Å². The molecule has 0 amide bonds. The highest BCUT2D eigenvalue weighted by molar-refractivity contribution is 5.79. The molecule has 0 aromatic heterocycles. The fraction of sp³-hybridized carbons (Fsp3) is 0.682. The minimum Gasteiger partial charge on any atom is -0.486 e. The number of benzene rings is 1. The van der Waals surface area contributed by atoms with Crippen LogP contribution in [0.15, 0.2) is 29.3 Å². The molecule has 7 heteroatoms. The van der Waals surface area contributed by atoms with Gasteiger partial charge in [-0.15, -0.1) is 0 Å². The molecule has 29 heavy (non-hydrogen) atoms. The molecule has 2 atom stereocenters. The van der Waals surface area contributed by atoms with Gasteiger partial charge in [0.25, 0.3) is 0 Å². The lowest BCUT2D eigenvalue weighted by Crippen LogP contribution is -2.47. The maximum Gasteiger partial charge on any atom is 0.191 e. The van der Waals surface area contributed by atoms with Crippen molar-refractivity contribution in [2.45, 2.75) is 33.8 Å². The van der Waals surface area contributed by atoms with E-state index < -0.39 is 0 Å². The third kappa shape index (κ3) is 8.58. The van der Waals surface area contributed by atoms with Crippen LogP contribution in [0.1, 0.15) is 27.7 Å². The van der Waals surface area contributed by atoms with E-state index in [4.69, 9.17) is 9.73 Å². The number of guanidine groups is 1. The number of para-hydroxylation sites is 1. The lowest BCUT2D eigenvalue weighted by Gasteiger charge is -2.35. The first kappa shape index (κ1) is 23.4. The molecule has 0 bridgehead atoms. The van der Waals surface area contributed by atoms with Crippen molar-refractivity contribution in [2.24, 2.45) is 10.9 Å². The SMILES string of the molecule is CCNC(=NCC(C)CN1CCN(CC)CC1)NCC(C)Oc1ccccc1F. The van der Waals surface area contributed by atoms with Crippen LogP contribution in [0.5, 0.6) is 5.75 Å². The van der Waals surface area contributed by atoms with Gasteiger partial charge in [-0.1, -0.05) is 26.0 Å². The van der Waals surface area contributed by atoms with Crippen molar-refractivity contribution in [3.05, 3.63) is 30.1 Å². The second-order valence-corrected chi connectivity index (χ2v) is 7.80. The van der Waals surface area contributed by atoms with Crippen LogP contribution in [-0.2, 0) is 0 Å². The second kappa shape index (κ2) is 12.6. The van der Waals surface area contributed by atoms with Crippen molar-refractivity contribution >= 4 is 5.96 Å². The first-order chi connectivity index (χ1) is 14.0. The van der Waals surface area contributed by atoms with Crippen molar-refractivity contribution in [1.29, 1.82) is 0 Å². The molecule has 1 fully saturated rings. The standard InChI is InChI=1S/C22H38FN5O/c1-5-24-22(26-16-19(4)29-21-10-8-7-9-20(21)23)25-15-18(3)17-28-13-11-27(6-2)12-14-28/h7-10,18-19H,5-6,11-17H2,1-4H3,(H2,24,25,26). The number of nitrogens with one attached hydrogen (secondary N) is 2. The summed E-state index contributed by atoms with van der Waals surface area (Å²) in [5.74, 6) is 1.21. The van der Waals surface area contributed by atoms with Gasteiger partial charge in [0.05, 0.1) is 6.54 Å². The Bertz CT molecular complexity index is 619. The molecule has 1 saturated heterocycles. The van der Waals surface area contributed by atoms with Gasteiger partial charge in [0.15, 0.2) is 17.5 Å². The summed E-state index contributed by atoms with van der Waals surface area (Å²) in [7, 11) is 0. The topological polar surface area (TPSA) is 52.1 Å². The number of ether oxygens (including phenoxy) is 1. The molecular formula is C22H38FN5O. The zero-order chi connectivity index (χ0) is 21.1. The van der Waals surface area contributed by atoms with E-state index >= 15 is 0 Å². The number of piperazine rings is 1. The Kier molecular flexibility index (Phi) is 10.2. The van der Waals surface area contributed by atoms with E-state index in [1.54, 1.807) is 18.2 Å². The molecule has 0 spiro atoms. The third-order valence-corrected chi connectivity index (χ3v) is 5.11. The van der Waals surface area contributed by atoms with Gasteiger partial charge in [0.2, 0.25) is 0 Å². The number of rotatable bonds is 10. The van der Waals surface area contributed by atoms with Gasteiger partial charge in [0, 0.05) is 45.8 Å². The summed E-state index contributed by atoms with van der Waals surface area (Å²) in [6.07, 6.45) is -0.178. The van der Waals surface area contributed by atoms with Crippen LogP contribution in [-0.4, -0.2) is 80.8 Å². The highest BCUT2D eigenvalue weighted by atomic mass is 19.1. The van der Waals surface area contributed by atoms with Gasteiger partial charge in [0.1, 0.15) is 6.10 Å². The summed E-state index contributed by atoms with van der Waals surface area (Å²) in [4.78, 5) is 9.77. The molecule has 6 nitrogen and oxygen atoms in total. The highest BCUT2D eigenvalue weighted by Crippen LogP contribution is 2.16. The third-order valence-electron chi connectivity index (χ3n) is 5.11. The highest BCUT2D eigenvalue weighted by Gasteiger charge is 2.17. The second-order valence-electron chi connectivity index (χ2n) is 7.80. The van der Waals surface area contributed by atoms with E-state index in [1.165, 1.54) is 6.07 Å². The molecule has 0 radical (unpaired) electrons. The molecule has 2 rings (SSSR count). The van der Waals surface area contributed by atoms with E-state index in [0.717, 1.165) is 58.3 Å². The van der Waals surface area contributed by atoms with E-state index in [9.17, 15) is 4.39 Å². The first-order valence-corrected chi connectivity index (χ1v) is 10.9. The molecule has 1 aromatic rings. The fourth-order valence-electron chi connectivity index (χ4n) is 3.41. The van der Waals surface area contributed by atoms with Crippen LogP contribution in [0.2, 0.25) is 0 Å². The Morgan fingerprint density at radius 3 is 2.45 bits per heavy atom. The van der Waals surface area contributed by atoms with Crippen molar-refractivity contribution < 1.29 is 9.13 Å². The molecule has 1 heterocycles. The zero-order valence-electron chi connectivity index (χ0n) is 18.5. The summed E-state index contributed by atoms with van der Waals surface area (Å²) < 4.78 is 19.4. The predicted octanol–water partition coefficient (Wildman–Crippen LogP) is 2.42. The van der Waals surface area contributed by atoms with Crippen molar-refractivity contribution in [3.8, 4) is 5.75 Å². The lowest BCUT2D eigenvalue weighted by atomic mass is 10.1.